The third kappa shape index (κ3) is 6.99. The fourth-order valence-corrected chi connectivity index (χ4v) is 3.64. The van der Waals surface area contributed by atoms with Gasteiger partial charge in [-0.1, -0.05) is 17.0 Å². The highest BCUT2D eigenvalue weighted by Gasteiger charge is 2.21. The molecule has 1 aliphatic rings. The number of nitrogens with zero attached hydrogens (tertiary/aromatic N) is 3. The summed E-state index contributed by atoms with van der Waals surface area (Å²) in [4.78, 5) is 22.7. The van der Waals surface area contributed by atoms with Crippen LogP contribution in [-0.2, 0) is 20.9 Å². The summed E-state index contributed by atoms with van der Waals surface area (Å²) in [7, 11) is 0. The number of thioether (sulfide) groups is 1. The molecule has 7 nitrogen and oxygen atoms in total. The Morgan fingerprint density at radius 2 is 2.32 bits per heavy atom. The summed E-state index contributed by atoms with van der Waals surface area (Å²) in [6.07, 6.45) is 6.93. The Morgan fingerprint density at radius 3 is 3.08 bits per heavy atom. The second kappa shape index (κ2) is 10.4. The number of esters is 1. The number of hydrogen-bond acceptors (Lipinski definition) is 7. The standard InChI is InChI=1S/C17H26N4O3S/c1-3-24-17(23)6-4-5-9-21-12-15(19-20-21)10-14-11-18-8-7-16(14)25-13(2)22/h10,12,16,18H,3-9,11H2,1-2H3/b14-10+. The number of carbonyl (C=O) groups is 2. The van der Waals surface area contributed by atoms with Crippen molar-refractivity contribution in [3.63, 3.8) is 0 Å². The first-order valence-electron chi connectivity index (χ1n) is 8.72. The predicted octanol–water partition coefficient (Wildman–Crippen LogP) is 2.04. The van der Waals surface area contributed by atoms with E-state index in [0.29, 0.717) is 13.0 Å². The smallest absolute Gasteiger partial charge is 0.305 e. The number of unbranched alkanes of at least 4 members (excludes halogenated alkanes) is 1. The quantitative estimate of drug-likeness (QED) is 0.556. The minimum absolute atomic E-state index is 0.142. The molecule has 1 aliphatic heterocycles. The lowest BCUT2D eigenvalue weighted by molar-refractivity contribution is -0.143. The van der Waals surface area contributed by atoms with Crippen molar-refractivity contribution in [2.24, 2.45) is 0 Å². The molecule has 1 N–H and O–H groups in total. The monoisotopic (exact) mass is 366 g/mol. The van der Waals surface area contributed by atoms with Gasteiger partial charge in [-0.05, 0) is 44.4 Å². The molecule has 0 aromatic carbocycles. The number of aryl methyl sites for hydroxylation is 1. The van der Waals surface area contributed by atoms with Crippen molar-refractivity contribution >= 4 is 28.9 Å². The molecule has 0 aliphatic carbocycles. The van der Waals surface area contributed by atoms with Crippen molar-refractivity contribution in [1.82, 2.24) is 20.3 Å². The lowest BCUT2D eigenvalue weighted by atomic mass is 10.1. The maximum absolute atomic E-state index is 11.4. The van der Waals surface area contributed by atoms with Crippen LogP contribution in [0.3, 0.4) is 0 Å². The minimum atomic E-state index is -0.148. The molecule has 1 saturated heterocycles. The Kier molecular flexibility index (Phi) is 8.14. The first-order valence-corrected chi connectivity index (χ1v) is 9.60. The first kappa shape index (κ1) is 19.7. The van der Waals surface area contributed by atoms with Crippen LogP contribution < -0.4 is 5.32 Å². The van der Waals surface area contributed by atoms with Crippen LogP contribution in [0.1, 0.15) is 45.2 Å². The molecule has 0 amide bonds. The van der Waals surface area contributed by atoms with Gasteiger partial charge in [0.15, 0.2) is 5.12 Å². The zero-order valence-electron chi connectivity index (χ0n) is 14.9. The molecule has 2 heterocycles. The number of ether oxygens (including phenoxy) is 1. The van der Waals surface area contributed by atoms with Gasteiger partial charge in [-0.3, -0.25) is 14.3 Å². The van der Waals surface area contributed by atoms with E-state index in [1.807, 2.05) is 19.2 Å². The molecule has 138 valence electrons. The molecular formula is C17H26N4O3S. The van der Waals surface area contributed by atoms with Gasteiger partial charge in [-0.25, -0.2) is 0 Å². The molecule has 1 unspecified atom stereocenters. The summed E-state index contributed by atoms with van der Waals surface area (Å²) in [5.74, 6) is -0.148. The highest BCUT2D eigenvalue weighted by Crippen LogP contribution is 2.26. The average Bonchev–Trinajstić information content (AvgIpc) is 3.01. The maximum atomic E-state index is 11.4. The molecule has 2 rings (SSSR count). The van der Waals surface area contributed by atoms with Gasteiger partial charge in [-0.15, -0.1) is 5.10 Å². The molecule has 1 fully saturated rings. The molecule has 0 spiro atoms. The van der Waals surface area contributed by atoms with Gasteiger partial charge in [-0.2, -0.15) is 0 Å². The van der Waals surface area contributed by atoms with Crippen LogP contribution in [-0.4, -0.2) is 51.0 Å². The fourth-order valence-electron chi connectivity index (χ4n) is 2.70. The maximum Gasteiger partial charge on any atom is 0.305 e. The van der Waals surface area contributed by atoms with Crippen LogP contribution in [0.4, 0.5) is 0 Å². The number of carbonyl (C=O) groups excluding carboxylic acids is 2. The molecule has 0 radical (unpaired) electrons. The molecule has 1 aromatic heterocycles. The third-order valence-corrected chi connectivity index (χ3v) is 5.00. The Hall–Kier alpha value is -1.67. The molecule has 25 heavy (non-hydrogen) atoms. The van der Waals surface area contributed by atoms with E-state index in [1.165, 1.54) is 17.3 Å². The summed E-state index contributed by atoms with van der Waals surface area (Å²) in [6, 6.07) is 0. The second-order valence-electron chi connectivity index (χ2n) is 5.95. The van der Waals surface area contributed by atoms with Crippen LogP contribution in [0.25, 0.3) is 6.08 Å². The number of piperidine rings is 1. The van der Waals surface area contributed by atoms with Crippen molar-refractivity contribution in [3.05, 3.63) is 17.5 Å². The summed E-state index contributed by atoms with van der Waals surface area (Å²) in [5.41, 5.74) is 1.99. The van der Waals surface area contributed by atoms with E-state index in [-0.39, 0.29) is 16.3 Å². The molecule has 8 heteroatoms. The summed E-state index contributed by atoms with van der Waals surface area (Å²) >= 11 is 1.39. The van der Waals surface area contributed by atoms with Crippen molar-refractivity contribution in [3.8, 4) is 0 Å². The minimum Gasteiger partial charge on any atom is -0.466 e. The van der Waals surface area contributed by atoms with Crippen molar-refractivity contribution in [1.29, 1.82) is 0 Å². The van der Waals surface area contributed by atoms with Gasteiger partial charge in [0.1, 0.15) is 5.69 Å². The van der Waals surface area contributed by atoms with E-state index in [0.717, 1.165) is 44.6 Å². The predicted molar refractivity (Wildman–Crippen MR) is 98.0 cm³/mol. The summed E-state index contributed by atoms with van der Waals surface area (Å²) in [5, 5.41) is 12.0. The Morgan fingerprint density at radius 1 is 1.48 bits per heavy atom. The molecule has 0 bridgehead atoms. The SMILES string of the molecule is CCOC(=O)CCCCn1cc(/C=C2\CNCCC2SC(C)=O)nn1. The van der Waals surface area contributed by atoms with Crippen LogP contribution in [0, 0.1) is 0 Å². The van der Waals surface area contributed by atoms with Gasteiger partial charge in [0, 0.05) is 31.7 Å². The summed E-state index contributed by atoms with van der Waals surface area (Å²) in [6.45, 7) is 6.27. The lowest BCUT2D eigenvalue weighted by Gasteiger charge is -2.24. The van der Waals surface area contributed by atoms with E-state index in [1.54, 1.807) is 11.6 Å². The van der Waals surface area contributed by atoms with E-state index in [9.17, 15) is 9.59 Å². The van der Waals surface area contributed by atoms with Gasteiger partial charge in [0.25, 0.3) is 0 Å². The van der Waals surface area contributed by atoms with Crippen molar-refractivity contribution in [2.45, 2.75) is 51.3 Å². The second-order valence-corrected chi connectivity index (χ2v) is 7.33. The largest absolute Gasteiger partial charge is 0.466 e. The van der Waals surface area contributed by atoms with E-state index in [4.69, 9.17) is 4.74 Å². The van der Waals surface area contributed by atoms with Crippen LogP contribution in [0.2, 0.25) is 0 Å². The van der Waals surface area contributed by atoms with E-state index < -0.39 is 0 Å². The summed E-state index contributed by atoms with van der Waals surface area (Å²) < 4.78 is 6.70. The Balaban J connectivity index is 1.85. The Labute approximate surface area is 152 Å². The van der Waals surface area contributed by atoms with Crippen molar-refractivity contribution in [2.75, 3.05) is 19.7 Å². The molecular weight excluding hydrogens is 340 g/mol. The highest BCUT2D eigenvalue weighted by molar-refractivity contribution is 8.14. The van der Waals surface area contributed by atoms with Crippen molar-refractivity contribution < 1.29 is 14.3 Å². The Bertz CT molecular complexity index is 615. The van der Waals surface area contributed by atoms with Gasteiger partial charge < -0.3 is 10.1 Å². The molecule has 1 aromatic rings. The topological polar surface area (TPSA) is 86.1 Å². The first-order chi connectivity index (χ1) is 12.1. The number of hydrogen-bond donors (Lipinski definition) is 1. The van der Waals surface area contributed by atoms with Crippen LogP contribution in [0.5, 0.6) is 0 Å². The van der Waals surface area contributed by atoms with Crippen LogP contribution >= 0.6 is 11.8 Å². The normalized spacial score (nSPS) is 19.1. The number of rotatable bonds is 8. The van der Waals surface area contributed by atoms with Crippen LogP contribution in [0.15, 0.2) is 11.8 Å². The average molecular weight is 366 g/mol. The number of aromatic nitrogens is 3. The number of nitrogens with one attached hydrogen (secondary N) is 1. The zero-order chi connectivity index (χ0) is 18.1. The van der Waals surface area contributed by atoms with Gasteiger partial charge >= 0.3 is 5.97 Å². The van der Waals surface area contributed by atoms with E-state index in [2.05, 4.69) is 15.6 Å². The fraction of sp³-hybridized carbons (Fsp3) is 0.647. The van der Waals surface area contributed by atoms with Gasteiger partial charge in [0.05, 0.1) is 12.8 Å². The van der Waals surface area contributed by atoms with E-state index >= 15 is 0 Å². The third-order valence-electron chi connectivity index (χ3n) is 3.85. The van der Waals surface area contributed by atoms with Gasteiger partial charge in [0.2, 0.25) is 0 Å². The molecule has 0 saturated carbocycles. The highest BCUT2D eigenvalue weighted by atomic mass is 32.2. The lowest BCUT2D eigenvalue weighted by Crippen LogP contribution is -2.32. The molecule has 1 atom stereocenters. The zero-order valence-corrected chi connectivity index (χ0v) is 15.7.